The minimum Gasteiger partial charge on any atom is -0.481 e. The highest BCUT2D eigenvalue weighted by molar-refractivity contribution is 7.19. The summed E-state index contributed by atoms with van der Waals surface area (Å²) in [5.41, 5.74) is 0. The maximum atomic E-state index is 10.9. The smallest absolute Gasteiger partial charge is 0.306 e. The molecule has 0 unspecified atom stereocenters. The summed E-state index contributed by atoms with van der Waals surface area (Å²) in [6.07, 6.45) is 4.66. The van der Waals surface area contributed by atoms with E-state index in [-0.39, 0.29) is 5.92 Å². The average Bonchev–Trinajstić information content (AvgIpc) is 2.90. The lowest BCUT2D eigenvalue weighted by Crippen LogP contribution is -2.35. The molecular formula is C17H21NO2S. The normalized spacial score (nSPS) is 22.5. The minimum absolute atomic E-state index is 0.120. The molecule has 0 amide bonds. The van der Waals surface area contributed by atoms with Crippen molar-refractivity contribution in [2.45, 2.75) is 38.1 Å². The van der Waals surface area contributed by atoms with Crippen molar-refractivity contribution in [1.29, 1.82) is 0 Å². The molecule has 0 spiro atoms. The van der Waals surface area contributed by atoms with Gasteiger partial charge in [-0.25, -0.2) is 0 Å². The second kappa shape index (κ2) is 6.58. The fraction of sp³-hybridized carbons (Fsp3) is 0.471. The monoisotopic (exact) mass is 303 g/mol. The zero-order valence-electron chi connectivity index (χ0n) is 12.0. The fourth-order valence-corrected chi connectivity index (χ4v) is 4.17. The van der Waals surface area contributed by atoms with Gasteiger partial charge in [0.15, 0.2) is 0 Å². The van der Waals surface area contributed by atoms with Gasteiger partial charge in [0, 0.05) is 22.2 Å². The molecule has 0 saturated heterocycles. The topological polar surface area (TPSA) is 49.3 Å². The molecule has 1 heterocycles. The second-order valence-electron chi connectivity index (χ2n) is 5.84. The van der Waals surface area contributed by atoms with Crippen LogP contribution in [-0.2, 0) is 11.2 Å². The van der Waals surface area contributed by atoms with Crippen molar-refractivity contribution in [2.24, 2.45) is 5.92 Å². The molecule has 3 nitrogen and oxygen atoms in total. The van der Waals surface area contributed by atoms with E-state index in [0.29, 0.717) is 6.04 Å². The van der Waals surface area contributed by atoms with Gasteiger partial charge in [0.05, 0.1) is 5.92 Å². The predicted molar refractivity (Wildman–Crippen MR) is 86.9 cm³/mol. The van der Waals surface area contributed by atoms with Crippen molar-refractivity contribution < 1.29 is 9.90 Å². The maximum absolute atomic E-state index is 10.9. The van der Waals surface area contributed by atoms with Crippen LogP contribution in [0.15, 0.2) is 30.3 Å². The molecule has 4 heteroatoms. The standard InChI is InChI=1S/C17H21NO2S/c19-17(20)12-5-7-14(8-6-12)18-10-9-15-11-13-3-1-2-4-16(13)21-15/h1-4,11-12,14,18H,5-10H2,(H,19,20). The number of carbonyl (C=O) groups is 1. The number of nitrogens with one attached hydrogen (secondary N) is 1. The Labute approximate surface area is 129 Å². The average molecular weight is 303 g/mol. The van der Waals surface area contributed by atoms with Crippen LogP contribution in [-0.4, -0.2) is 23.7 Å². The van der Waals surface area contributed by atoms with Crippen LogP contribution < -0.4 is 5.32 Å². The Morgan fingerprint density at radius 1 is 1.24 bits per heavy atom. The second-order valence-corrected chi connectivity index (χ2v) is 7.01. The first kappa shape index (κ1) is 14.5. The van der Waals surface area contributed by atoms with Crippen LogP contribution in [0.25, 0.3) is 10.1 Å². The van der Waals surface area contributed by atoms with Crippen molar-refractivity contribution in [1.82, 2.24) is 5.32 Å². The lowest BCUT2D eigenvalue weighted by molar-refractivity contribution is -0.142. The van der Waals surface area contributed by atoms with Crippen LogP contribution in [0.4, 0.5) is 0 Å². The van der Waals surface area contributed by atoms with E-state index in [2.05, 4.69) is 35.6 Å². The van der Waals surface area contributed by atoms with Crippen molar-refractivity contribution in [3.63, 3.8) is 0 Å². The molecule has 0 radical (unpaired) electrons. The number of rotatable bonds is 5. The molecule has 1 aliphatic carbocycles. The maximum Gasteiger partial charge on any atom is 0.306 e. The van der Waals surface area contributed by atoms with Gasteiger partial charge in [0.2, 0.25) is 0 Å². The Bertz CT molecular complexity index is 581. The summed E-state index contributed by atoms with van der Waals surface area (Å²) in [4.78, 5) is 12.3. The number of hydrogen-bond acceptors (Lipinski definition) is 3. The molecular weight excluding hydrogens is 282 g/mol. The molecule has 1 fully saturated rings. The van der Waals surface area contributed by atoms with Gasteiger partial charge in [-0.05, 0) is 49.6 Å². The highest BCUT2D eigenvalue weighted by Crippen LogP contribution is 2.26. The third-order valence-electron chi connectivity index (χ3n) is 4.36. The molecule has 3 rings (SSSR count). The van der Waals surface area contributed by atoms with Crippen molar-refractivity contribution in [2.75, 3.05) is 6.54 Å². The number of fused-ring (bicyclic) bond motifs is 1. The number of hydrogen-bond donors (Lipinski definition) is 2. The Hall–Kier alpha value is -1.39. The number of carboxylic acids is 1. The van der Waals surface area contributed by atoms with Gasteiger partial charge in [-0.2, -0.15) is 0 Å². The number of benzene rings is 1. The van der Waals surface area contributed by atoms with Crippen molar-refractivity contribution in [3.05, 3.63) is 35.2 Å². The summed E-state index contributed by atoms with van der Waals surface area (Å²) in [5, 5.41) is 13.9. The zero-order valence-corrected chi connectivity index (χ0v) is 12.9. The minimum atomic E-state index is -0.626. The summed E-state index contributed by atoms with van der Waals surface area (Å²) in [6, 6.07) is 11.3. The zero-order chi connectivity index (χ0) is 14.7. The first-order valence-electron chi connectivity index (χ1n) is 7.66. The summed E-state index contributed by atoms with van der Waals surface area (Å²) in [6.45, 7) is 0.981. The molecule has 21 heavy (non-hydrogen) atoms. The van der Waals surface area contributed by atoms with E-state index in [9.17, 15) is 4.79 Å². The molecule has 0 atom stereocenters. The Kier molecular flexibility index (Phi) is 4.56. The lowest BCUT2D eigenvalue weighted by atomic mass is 9.86. The van der Waals surface area contributed by atoms with Crippen LogP contribution in [0.1, 0.15) is 30.6 Å². The summed E-state index contributed by atoms with van der Waals surface area (Å²) >= 11 is 1.87. The molecule has 2 aromatic rings. The molecule has 1 aliphatic rings. The quantitative estimate of drug-likeness (QED) is 0.886. The SMILES string of the molecule is O=C(O)C1CCC(NCCc2cc3ccccc3s2)CC1. The van der Waals surface area contributed by atoms with Gasteiger partial charge in [0.25, 0.3) is 0 Å². The van der Waals surface area contributed by atoms with Crippen LogP contribution in [0, 0.1) is 5.92 Å². The van der Waals surface area contributed by atoms with Gasteiger partial charge < -0.3 is 10.4 Å². The molecule has 0 bridgehead atoms. The van der Waals surface area contributed by atoms with E-state index in [4.69, 9.17) is 5.11 Å². The summed E-state index contributed by atoms with van der Waals surface area (Å²) in [5.74, 6) is -0.746. The van der Waals surface area contributed by atoms with E-state index in [1.54, 1.807) is 0 Å². The van der Waals surface area contributed by atoms with Crippen LogP contribution >= 0.6 is 11.3 Å². The van der Waals surface area contributed by atoms with E-state index in [0.717, 1.165) is 38.6 Å². The largest absolute Gasteiger partial charge is 0.481 e. The number of aliphatic carboxylic acids is 1. The Morgan fingerprint density at radius 3 is 2.71 bits per heavy atom. The van der Waals surface area contributed by atoms with Gasteiger partial charge in [-0.15, -0.1) is 11.3 Å². The molecule has 1 aromatic heterocycles. The van der Waals surface area contributed by atoms with Gasteiger partial charge in [0.1, 0.15) is 0 Å². The fourth-order valence-electron chi connectivity index (χ4n) is 3.10. The molecule has 1 saturated carbocycles. The molecule has 0 aliphatic heterocycles. The van der Waals surface area contributed by atoms with Crippen molar-refractivity contribution in [3.8, 4) is 0 Å². The number of thiophene rings is 1. The highest BCUT2D eigenvalue weighted by atomic mass is 32.1. The lowest BCUT2D eigenvalue weighted by Gasteiger charge is -2.26. The van der Waals surface area contributed by atoms with E-state index < -0.39 is 5.97 Å². The van der Waals surface area contributed by atoms with Gasteiger partial charge in [-0.1, -0.05) is 18.2 Å². The third kappa shape index (κ3) is 3.63. The van der Waals surface area contributed by atoms with Gasteiger partial charge >= 0.3 is 5.97 Å². The number of carboxylic acid groups (broad SMARTS) is 1. The third-order valence-corrected chi connectivity index (χ3v) is 5.53. The molecule has 112 valence electrons. The van der Waals surface area contributed by atoms with Crippen LogP contribution in [0.3, 0.4) is 0 Å². The highest BCUT2D eigenvalue weighted by Gasteiger charge is 2.25. The van der Waals surface area contributed by atoms with Crippen molar-refractivity contribution >= 4 is 27.4 Å². The van der Waals surface area contributed by atoms with Gasteiger partial charge in [-0.3, -0.25) is 4.79 Å². The first-order valence-corrected chi connectivity index (χ1v) is 8.47. The Balaban J connectivity index is 1.45. The predicted octanol–water partition coefficient (Wildman–Crippen LogP) is 3.68. The van der Waals surface area contributed by atoms with E-state index >= 15 is 0 Å². The summed E-state index contributed by atoms with van der Waals surface area (Å²) < 4.78 is 1.36. The molecule has 1 aromatic carbocycles. The molecule has 2 N–H and O–H groups in total. The van der Waals surface area contributed by atoms with Crippen LogP contribution in [0.5, 0.6) is 0 Å². The Morgan fingerprint density at radius 2 is 2.00 bits per heavy atom. The van der Waals surface area contributed by atoms with E-state index in [1.807, 2.05) is 11.3 Å². The summed E-state index contributed by atoms with van der Waals surface area (Å²) in [7, 11) is 0. The van der Waals surface area contributed by atoms with Crippen LogP contribution in [0.2, 0.25) is 0 Å². The first-order chi connectivity index (χ1) is 10.2. The van der Waals surface area contributed by atoms with E-state index in [1.165, 1.54) is 15.0 Å².